The number of ether oxygens (including phenoxy) is 1. The summed E-state index contributed by atoms with van der Waals surface area (Å²) in [5, 5.41) is 2.61. The molecule has 4 nitrogen and oxygen atoms in total. The molecule has 0 radical (unpaired) electrons. The Kier molecular flexibility index (Phi) is 4.43. The van der Waals surface area contributed by atoms with E-state index >= 15 is 0 Å². The molecule has 0 aliphatic rings. The lowest BCUT2D eigenvalue weighted by atomic mass is 10.2. The summed E-state index contributed by atoms with van der Waals surface area (Å²) in [4.78, 5) is 11.6. The van der Waals surface area contributed by atoms with E-state index in [1.54, 1.807) is 32.9 Å². The summed E-state index contributed by atoms with van der Waals surface area (Å²) in [5.74, 6) is 0. The number of nitrogen functional groups attached to an aromatic ring is 1. The number of benzene rings is 1. The molecule has 17 heavy (non-hydrogen) atoms. The van der Waals surface area contributed by atoms with Crippen LogP contribution in [0.2, 0.25) is 0 Å². The van der Waals surface area contributed by atoms with Crippen LogP contribution in [0.15, 0.2) is 21.1 Å². The quantitative estimate of drug-likeness (QED) is 0.735. The van der Waals surface area contributed by atoms with Gasteiger partial charge in [0.05, 0.1) is 11.4 Å². The van der Waals surface area contributed by atoms with Crippen molar-refractivity contribution in [1.82, 2.24) is 0 Å². The molecule has 0 heterocycles. The van der Waals surface area contributed by atoms with Gasteiger partial charge in [-0.3, -0.25) is 5.32 Å². The molecule has 0 bridgehead atoms. The number of carbonyl (C=O) groups excluding carboxylic acids is 1. The molecule has 0 fully saturated rings. The molecule has 0 unspecified atom stereocenters. The second kappa shape index (κ2) is 5.27. The van der Waals surface area contributed by atoms with Crippen LogP contribution < -0.4 is 11.1 Å². The minimum atomic E-state index is -0.541. The normalized spacial score (nSPS) is 11.1. The molecule has 0 aliphatic heterocycles. The van der Waals surface area contributed by atoms with E-state index in [2.05, 4.69) is 37.2 Å². The van der Waals surface area contributed by atoms with E-state index in [0.717, 1.165) is 4.47 Å². The molecule has 1 amide bonds. The van der Waals surface area contributed by atoms with Gasteiger partial charge in [0, 0.05) is 8.95 Å². The monoisotopic (exact) mass is 364 g/mol. The smallest absolute Gasteiger partial charge is 0.412 e. The lowest BCUT2D eigenvalue weighted by Gasteiger charge is -2.20. The van der Waals surface area contributed by atoms with E-state index in [9.17, 15) is 4.79 Å². The first-order chi connectivity index (χ1) is 7.69. The summed E-state index contributed by atoms with van der Waals surface area (Å²) in [6.07, 6.45) is -0.535. The van der Waals surface area contributed by atoms with Crippen molar-refractivity contribution in [3.63, 3.8) is 0 Å². The molecular formula is C11H14Br2N2O2. The Morgan fingerprint density at radius 3 is 2.41 bits per heavy atom. The fourth-order valence-corrected chi connectivity index (χ4v) is 2.49. The molecule has 0 aliphatic carbocycles. The minimum absolute atomic E-state index is 0.456. The van der Waals surface area contributed by atoms with Crippen LogP contribution in [0.3, 0.4) is 0 Å². The predicted molar refractivity (Wildman–Crippen MR) is 76.1 cm³/mol. The highest BCUT2D eigenvalue weighted by molar-refractivity contribution is 9.11. The van der Waals surface area contributed by atoms with E-state index in [1.165, 1.54) is 0 Å². The Bertz CT molecular complexity index is 419. The van der Waals surface area contributed by atoms with E-state index in [0.29, 0.717) is 15.8 Å². The molecule has 0 saturated carbocycles. The Morgan fingerprint density at radius 2 is 1.94 bits per heavy atom. The zero-order chi connectivity index (χ0) is 13.2. The standard InChI is InChI=1S/C11H14Br2N2O2/c1-11(2,3)17-10(16)15-9-7(13)4-6(12)5-8(9)14/h4-5H,14H2,1-3H3,(H,15,16). The van der Waals surface area contributed by atoms with Gasteiger partial charge < -0.3 is 10.5 Å². The largest absolute Gasteiger partial charge is 0.444 e. The summed E-state index contributed by atoms with van der Waals surface area (Å²) < 4.78 is 6.66. The lowest BCUT2D eigenvalue weighted by Crippen LogP contribution is -2.27. The number of amides is 1. The van der Waals surface area contributed by atoms with Crippen molar-refractivity contribution in [3.8, 4) is 0 Å². The number of halogens is 2. The van der Waals surface area contributed by atoms with Crippen LogP contribution in [0.25, 0.3) is 0 Å². The number of nitrogens with two attached hydrogens (primary N) is 1. The van der Waals surface area contributed by atoms with Crippen molar-refractivity contribution < 1.29 is 9.53 Å². The zero-order valence-corrected chi connectivity index (χ0v) is 13.0. The number of hydrogen-bond donors (Lipinski definition) is 2. The Labute approximate surface area is 117 Å². The minimum Gasteiger partial charge on any atom is -0.444 e. The van der Waals surface area contributed by atoms with Gasteiger partial charge >= 0.3 is 6.09 Å². The van der Waals surface area contributed by atoms with Gasteiger partial charge in [-0.2, -0.15) is 0 Å². The van der Waals surface area contributed by atoms with Crippen LogP contribution in [0.5, 0.6) is 0 Å². The van der Waals surface area contributed by atoms with Gasteiger partial charge in [0.25, 0.3) is 0 Å². The van der Waals surface area contributed by atoms with Crippen LogP contribution in [0, 0.1) is 0 Å². The van der Waals surface area contributed by atoms with Crippen molar-refractivity contribution in [3.05, 3.63) is 21.1 Å². The van der Waals surface area contributed by atoms with Crippen molar-refractivity contribution in [2.45, 2.75) is 26.4 Å². The first kappa shape index (κ1) is 14.3. The molecule has 3 N–H and O–H groups in total. The third-order valence-corrected chi connectivity index (χ3v) is 2.79. The van der Waals surface area contributed by atoms with Crippen LogP contribution >= 0.6 is 31.9 Å². The molecule has 0 spiro atoms. The molecule has 0 atom stereocenters. The number of nitrogens with one attached hydrogen (secondary N) is 1. The molecule has 6 heteroatoms. The summed E-state index contributed by atoms with van der Waals surface area (Å²) in [6.45, 7) is 5.39. The van der Waals surface area contributed by atoms with Gasteiger partial charge in [0.15, 0.2) is 0 Å². The molecule has 0 saturated heterocycles. The summed E-state index contributed by atoms with van der Waals surface area (Å²) in [5.41, 5.74) is 6.22. The third kappa shape index (κ3) is 4.55. The van der Waals surface area contributed by atoms with Gasteiger partial charge in [0.1, 0.15) is 5.60 Å². The molecular weight excluding hydrogens is 352 g/mol. The molecule has 1 rings (SSSR count). The highest BCUT2D eigenvalue weighted by Crippen LogP contribution is 2.32. The summed E-state index contributed by atoms with van der Waals surface area (Å²) in [6, 6.07) is 3.50. The molecule has 0 aromatic heterocycles. The van der Waals surface area contributed by atoms with E-state index in [-0.39, 0.29) is 0 Å². The van der Waals surface area contributed by atoms with Gasteiger partial charge in [-0.25, -0.2) is 4.79 Å². The van der Waals surface area contributed by atoms with Crippen molar-refractivity contribution in [2.75, 3.05) is 11.1 Å². The average molecular weight is 366 g/mol. The Hall–Kier alpha value is -0.750. The van der Waals surface area contributed by atoms with E-state index in [1.807, 2.05) is 0 Å². The highest BCUT2D eigenvalue weighted by atomic mass is 79.9. The van der Waals surface area contributed by atoms with Gasteiger partial charge in [-0.1, -0.05) is 15.9 Å². The summed E-state index contributed by atoms with van der Waals surface area (Å²) >= 11 is 6.63. The molecule has 1 aromatic carbocycles. The first-order valence-corrected chi connectivity index (χ1v) is 6.52. The van der Waals surface area contributed by atoms with Gasteiger partial charge in [0.2, 0.25) is 0 Å². The lowest BCUT2D eigenvalue weighted by molar-refractivity contribution is 0.0636. The van der Waals surface area contributed by atoms with Crippen LogP contribution in [0.1, 0.15) is 20.8 Å². The Morgan fingerprint density at radius 1 is 1.35 bits per heavy atom. The Balaban J connectivity index is 2.86. The fourth-order valence-electron chi connectivity index (χ4n) is 1.13. The van der Waals surface area contributed by atoms with Crippen LogP contribution in [-0.4, -0.2) is 11.7 Å². The number of carbonyl (C=O) groups is 1. The van der Waals surface area contributed by atoms with E-state index in [4.69, 9.17) is 10.5 Å². The van der Waals surface area contributed by atoms with Gasteiger partial charge in [-0.05, 0) is 48.8 Å². The fraction of sp³-hybridized carbons (Fsp3) is 0.364. The molecule has 94 valence electrons. The SMILES string of the molecule is CC(C)(C)OC(=O)Nc1c(N)cc(Br)cc1Br. The van der Waals surface area contributed by atoms with Crippen LogP contribution in [-0.2, 0) is 4.74 Å². The number of anilines is 2. The van der Waals surface area contributed by atoms with Crippen molar-refractivity contribution >= 4 is 49.3 Å². The van der Waals surface area contributed by atoms with Gasteiger partial charge in [-0.15, -0.1) is 0 Å². The maximum atomic E-state index is 11.6. The molecule has 1 aromatic rings. The average Bonchev–Trinajstić information content (AvgIpc) is 2.08. The maximum Gasteiger partial charge on any atom is 0.412 e. The number of hydrogen-bond acceptors (Lipinski definition) is 3. The zero-order valence-electron chi connectivity index (χ0n) is 9.80. The van der Waals surface area contributed by atoms with E-state index < -0.39 is 11.7 Å². The first-order valence-electron chi connectivity index (χ1n) is 4.93. The van der Waals surface area contributed by atoms with Crippen molar-refractivity contribution in [2.24, 2.45) is 0 Å². The second-order valence-corrected chi connectivity index (χ2v) is 6.25. The number of rotatable bonds is 1. The maximum absolute atomic E-state index is 11.6. The third-order valence-electron chi connectivity index (χ3n) is 1.71. The van der Waals surface area contributed by atoms with Crippen LogP contribution in [0.4, 0.5) is 16.2 Å². The summed E-state index contributed by atoms with van der Waals surface area (Å²) in [7, 11) is 0. The highest BCUT2D eigenvalue weighted by Gasteiger charge is 2.18. The predicted octanol–water partition coefficient (Wildman–Crippen LogP) is 4.14. The topological polar surface area (TPSA) is 64.3 Å². The van der Waals surface area contributed by atoms with Crippen molar-refractivity contribution in [1.29, 1.82) is 0 Å². The second-order valence-electron chi connectivity index (χ2n) is 4.48.